The molecular formula is C32H21N3. The molecule has 5 aromatic rings. The zero-order chi connectivity index (χ0) is 22.7. The van der Waals surface area contributed by atoms with E-state index < -0.39 is 0 Å². The van der Waals surface area contributed by atoms with E-state index in [4.69, 9.17) is 4.98 Å². The van der Waals surface area contributed by atoms with Gasteiger partial charge in [0.25, 0.3) is 0 Å². The molecule has 0 saturated heterocycles. The summed E-state index contributed by atoms with van der Waals surface area (Å²) in [5.41, 5.74) is 20.8. The first kappa shape index (κ1) is 18.1. The van der Waals surface area contributed by atoms with Crippen molar-refractivity contribution >= 4 is 17.1 Å². The van der Waals surface area contributed by atoms with Crippen molar-refractivity contribution < 1.29 is 0 Å². The predicted octanol–water partition coefficient (Wildman–Crippen LogP) is 6.90. The largest absolute Gasteiger partial charge is 0.308 e. The van der Waals surface area contributed by atoms with Crippen molar-refractivity contribution in [2.75, 3.05) is 4.90 Å². The van der Waals surface area contributed by atoms with E-state index in [-0.39, 0.29) is 0 Å². The topological polar surface area (TPSA) is 29.0 Å². The second kappa shape index (κ2) is 6.25. The van der Waals surface area contributed by atoms with E-state index in [2.05, 4.69) is 70.5 Å². The molecule has 0 N–H and O–H groups in total. The Hall–Kier alpha value is -4.24. The lowest BCUT2D eigenvalue weighted by atomic mass is 9.85. The highest BCUT2D eigenvalue weighted by Gasteiger charge is 2.36. The van der Waals surface area contributed by atoms with E-state index in [1.54, 1.807) is 0 Å². The Balaban J connectivity index is 1.29. The standard InChI is InChI=1S/C32H21N3/c1-2-4-22-18(3-1)13-25-23(22)6-7-24-26(25)14-19-5-8-30-27(31(19)24)15-20-9-12-34-28-16-21-17-33-11-10-29(21)35(30)32(20)28/h1-12,17H,13-16H2. The number of fused-ring (bicyclic) bond motifs is 12. The van der Waals surface area contributed by atoms with Gasteiger partial charge in [-0.25, -0.2) is 0 Å². The summed E-state index contributed by atoms with van der Waals surface area (Å²) in [7, 11) is 0. The van der Waals surface area contributed by atoms with Gasteiger partial charge in [-0.1, -0.05) is 42.5 Å². The van der Waals surface area contributed by atoms with Crippen LogP contribution in [-0.4, -0.2) is 9.97 Å². The summed E-state index contributed by atoms with van der Waals surface area (Å²) in [4.78, 5) is 11.7. The van der Waals surface area contributed by atoms with Crippen LogP contribution in [0.2, 0.25) is 0 Å². The Morgan fingerprint density at radius 3 is 2.43 bits per heavy atom. The fourth-order valence-electron chi connectivity index (χ4n) is 7.06. The lowest BCUT2D eigenvalue weighted by Gasteiger charge is -2.39. The summed E-state index contributed by atoms with van der Waals surface area (Å²) in [5, 5.41) is 0. The van der Waals surface area contributed by atoms with Crippen LogP contribution in [0, 0.1) is 0 Å². The minimum Gasteiger partial charge on any atom is -0.308 e. The number of benzene rings is 3. The molecule has 9 rings (SSSR count). The quantitative estimate of drug-likeness (QED) is 0.253. The van der Waals surface area contributed by atoms with Gasteiger partial charge in [0.2, 0.25) is 0 Å². The van der Waals surface area contributed by atoms with Crippen LogP contribution in [0.25, 0.3) is 22.3 Å². The molecule has 4 heterocycles. The maximum absolute atomic E-state index is 4.78. The van der Waals surface area contributed by atoms with Crippen LogP contribution >= 0.6 is 0 Å². The molecule has 0 radical (unpaired) electrons. The third-order valence-electron chi connectivity index (χ3n) is 8.51. The molecular weight excluding hydrogens is 426 g/mol. The van der Waals surface area contributed by atoms with Crippen LogP contribution in [0.1, 0.15) is 44.6 Å². The van der Waals surface area contributed by atoms with Gasteiger partial charge in [0.15, 0.2) is 0 Å². The van der Waals surface area contributed by atoms with Crippen LogP contribution in [-0.2, 0) is 25.7 Å². The summed E-state index contributed by atoms with van der Waals surface area (Å²) in [6.07, 6.45) is 9.79. The van der Waals surface area contributed by atoms with Gasteiger partial charge in [-0.2, -0.15) is 0 Å². The maximum atomic E-state index is 4.78. The van der Waals surface area contributed by atoms with Crippen molar-refractivity contribution in [1.82, 2.24) is 9.97 Å². The zero-order valence-corrected chi connectivity index (χ0v) is 19.2. The van der Waals surface area contributed by atoms with E-state index in [1.807, 2.05) is 18.6 Å². The molecule has 4 aliphatic rings. The highest BCUT2D eigenvalue weighted by atomic mass is 15.2. The number of hydrogen-bond acceptors (Lipinski definition) is 3. The van der Waals surface area contributed by atoms with E-state index in [0.29, 0.717) is 0 Å². The Bertz CT molecular complexity index is 1760. The van der Waals surface area contributed by atoms with E-state index >= 15 is 0 Å². The Morgan fingerprint density at radius 2 is 1.43 bits per heavy atom. The molecule has 3 aromatic carbocycles. The average Bonchev–Trinajstić information content (AvgIpc) is 3.47. The molecule has 0 bridgehead atoms. The Morgan fingerprint density at radius 1 is 0.571 bits per heavy atom. The van der Waals surface area contributed by atoms with Gasteiger partial charge in [-0.05, 0) is 86.7 Å². The summed E-state index contributed by atoms with van der Waals surface area (Å²) in [6.45, 7) is 0. The van der Waals surface area contributed by atoms with Crippen LogP contribution in [0.3, 0.4) is 0 Å². The molecule has 0 atom stereocenters. The number of rotatable bonds is 0. The first-order valence-corrected chi connectivity index (χ1v) is 12.4. The summed E-state index contributed by atoms with van der Waals surface area (Å²) < 4.78 is 0. The van der Waals surface area contributed by atoms with Gasteiger partial charge in [-0.15, -0.1) is 0 Å². The zero-order valence-electron chi connectivity index (χ0n) is 19.2. The summed E-state index contributed by atoms with van der Waals surface area (Å²) in [6, 6.07) is 22.8. The average molecular weight is 448 g/mol. The minimum absolute atomic E-state index is 0.846. The van der Waals surface area contributed by atoms with E-state index in [1.165, 1.54) is 78.3 Å². The SMILES string of the molecule is c1ccc2c(c1)Cc1c-2ccc2c1Cc1ccc3c(c1-2)Cc1ccnc2c1N3c1ccncc1C2. The lowest BCUT2D eigenvalue weighted by molar-refractivity contribution is 0.952. The van der Waals surface area contributed by atoms with Gasteiger partial charge in [0, 0.05) is 37.0 Å². The third-order valence-corrected chi connectivity index (χ3v) is 8.51. The molecule has 35 heavy (non-hydrogen) atoms. The van der Waals surface area contributed by atoms with Crippen LogP contribution < -0.4 is 4.90 Å². The predicted molar refractivity (Wildman–Crippen MR) is 139 cm³/mol. The number of hydrogen-bond donors (Lipinski definition) is 0. The highest BCUT2D eigenvalue weighted by Crippen LogP contribution is 2.55. The van der Waals surface area contributed by atoms with Crippen molar-refractivity contribution in [1.29, 1.82) is 0 Å². The summed E-state index contributed by atoms with van der Waals surface area (Å²) in [5.74, 6) is 0. The van der Waals surface area contributed by atoms with Gasteiger partial charge >= 0.3 is 0 Å². The molecule has 0 spiro atoms. The fourth-order valence-corrected chi connectivity index (χ4v) is 7.06. The minimum atomic E-state index is 0.846. The molecule has 2 aliphatic heterocycles. The first-order valence-electron chi connectivity index (χ1n) is 12.4. The van der Waals surface area contributed by atoms with Crippen molar-refractivity contribution in [2.45, 2.75) is 25.7 Å². The highest BCUT2D eigenvalue weighted by molar-refractivity contribution is 5.95. The fraction of sp³-hybridized carbons (Fsp3) is 0.125. The normalized spacial score (nSPS) is 14.9. The number of anilines is 3. The van der Waals surface area contributed by atoms with Crippen molar-refractivity contribution in [3.05, 3.63) is 124 Å². The molecule has 2 aliphatic carbocycles. The van der Waals surface area contributed by atoms with E-state index in [0.717, 1.165) is 31.4 Å². The second-order valence-electron chi connectivity index (χ2n) is 10.2. The Labute approximate surface area is 203 Å². The van der Waals surface area contributed by atoms with Crippen LogP contribution in [0.5, 0.6) is 0 Å². The molecule has 0 unspecified atom stereocenters. The van der Waals surface area contributed by atoms with Crippen LogP contribution in [0.15, 0.2) is 79.3 Å². The number of nitrogens with zero attached hydrogens (tertiary/aromatic N) is 3. The molecule has 2 aromatic heterocycles. The second-order valence-corrected chi connectivity index (χ2v) is 10.2. The van der Waals surface area contributed by atoms with Crippen molar-refractivity contribution in [3.63, 3.8) is 0 Å². The molecule has 3 nitrogen and oxygen atoms in total. The van der Waals surface area contributed by atoms with Crippen molar-refractivity contribution in [3.8, 4) is 22.3 Å². The number of pyridine rings is 2. The third kappa shape index (κ3) is 2.21. The Kier molecular flexibility index (Phi) is 3.24. The van der Waals surface area contributed by atoms with Gasteiger partial charge in [0.1, 0.15) is 0 Å². The first-order chi connectivity index (χ1) is 17.3. The lowest BCUT2D eigenvalue weighted by Crippen LogP contribution is -2.25. The molecule has 164 valence electrons. The van der Waals surface area contributed by atoms with E-state index in [9.17, 15) is 0 Å². The number of aromatic nitrogens is 2. The van der Waals surface area contributed by atoms with Gasteiger partial charge in [-0.3, -0.25) is 9.97 Å². The molecule has 0 amide bonds. The maximum Gasteiger partial charge on any atom is 0.0716 e. The van der Waals surface area contributed by atoms with Gasteiger partial charge < -0.3 is 4.90 Å². The monoisotopic (exact) mass is 447 g/mol. The molecule has 0 fully saturated rings. The van der Waals surface area contributed by atoms with Crippen LogP contribution in [0.4, 0.5) is 17.1 Å². The molecule has 0 saturated carbocycles. The summed E-state index contributed by atoms with van der Waals surface area (Å²) >= 11 is 0. The van der Waals surface area contributed by atoms with Crippen molar-refractivity contribution in [2.24, 2.45) is 0 Å². The van der Waals surface area contributed by atoms with Gasteiger partial charge in [0.05, 0.1) is 22.8 Å². The molecule has 3 heteroatoms. The smallest absolute Gasteiger partial charge is 0.0716 e.